The van der Waals surface area contributed by atoms with Gasteiger partial charge in [0.1, 0.15) is 28.8 Å². The SMILES string of the molecule is COc1cccc(OC)c1-n1c(C2CCC2)nc(O)c(-c2nnc(Cc3ncc(Cl)cc3F)o2)c1=O. The molecule has 1 aromatic carbocycles. The lowest BCUT2D eigenvalue weighted by Gasteiger charge is -2.28. The van der Waals surface area contributed by atoms with Crippen LogP contribution < -0.4 is 15.0 Å². The number of pyridine rings is 1. The first-order valence-corrected chi connectivity index (χ1v) is 11.5. The van der Waals surface area contributed by atoms with Crippen molar-refractivity contribution in [3.05, 3.63) is 69.1 Å². The summed E-state index contributed by atoms with van der Waals surface area (Å²) in [5.41, 5.74) is -0.559. The van der Waals surface area contributed by atoms with Crippen molar-refractivity contribution in [2.45, 2.75) is 31.6 Å². The van der Waals surface area contributed by atoms with Crippen LogP contribution in [-0.2, 0) is 6.42 Å². The summed E-state index contributed by atoms with van der Waals surface area (Å²) in [5.74, 6) is -0.358. The lowest BCUT2D eigenvalue weighted by molar-refractivity contribution is 0.366. The van der Waals surface area contributed by atoms with E-state index in [1.807, 2.05) is 0 Å². The first-order chi connectivity index (χ1) is 17.4. The van der Waals surface area contributed by atoms with Crippen LogP contribution in [0.3, 0.4) is 0 Å². The number of hydrogen-bond acceptors (Lipinski definition) is 9. The van der Waals surface area contributed by atoms with Gasteiger partial charge in [0, 0.05) is 12.1 Å². The molecule has 1 aliphatic rings. The highest BCUT2D eigenvalue weighted by atomic mass is 35.5. The zero-order chi connectivity index (χ0) is 25.4. The number of rotatable bonds is 7. The average Bonchev–Trinajstić information content (AvgIpc) is 3.27. The molecule has 0 atom stereocenters. The van der Waals surface area contributed by atoms with E-state index >= 15 is 0 Å². The van der Waals surface area contributed by atoms with Crippen LogP contribution in [0.1, 0.15) is 42.6 Å². The van der Waals surface area contributed by atoms with Crippen molar-refractivity contribution in [1.82, 2.24) is 24.7 Å². The van der Waals surface area contributed by atoms with E-state index in [9.17, 15) is 14.3 Å². The van der Waals surface area contributed by atoms with Gasteiger partial charge in [0.05, 0.1) is 31.4 Å². The molecule has 1 fully saturated rings. The van der Waals surface area contributed by atoms with E-state index < -0.39 is 17.3 Å². The zero-order valence-electron chi connectivity index (χ0n) is 19.4. The topological polar surface area (TPSA) is 125 Å². The number of benzene rings is 1. The highest BCUT2D eigenvalue weighted by molar-refractivity contribution is 6.30. The van der Waals surface area contributed by atoms with Gasteiger partial charge in [-0.05, 0) is 31.0 Å². The van der Waals surface area contributed by atoms with E-state index in [2.05, 4.69) is 20.2 Å². The first-order valence-electron chi connectivity index (χ1n) is 11.1. The van der Waals surface area contributed by atoms with Crippen molar-refractivity contribution in [2.24, 2.45) is 0 Å². The van der Waals surface area contributed by atoms with E-state index in [1.165, 1.54) is 25.0 Å². The lowest BCUT2D eigenvalue weighted by Crippen LogP contribution is -2.29. The van der Waals surface area contributed by atoms with Crippen LogP contribution in [0.25, 0.3) is 17.1 Å². The number of nitrogens with zero attached hydrogens (tertiary/aromatic N) is 5. The molecule has 3 aromatic heterocycles. The standard InChI is InChI=1S/C24H21ClFN5O5/c1-34-16-7-4-8-17(35-2)20(16)31-21(12-5-3-6-12)28-22(32)19(24(31)33)23-30-29-18(36-23)10-15-14(26)9-13(25)11-27-15/h4,7-9,11-12,32H,3,5-6,10H2,1-2H3. The fraction of sp³-hybridized carbons (Fsp3) is 0.292. The Bertz CT molecular complexity index is 1480. The summed E-state index contributed by atoms with van der Waals surface area (Å²) in [7, 11) is 2.96. The van der Waals surface area contributed by atoms with Gasteiger partial charge in [0.15, 0.2) is 5.56 Å². The maximum atomic E-state index is 14.2. The van der Waals surface area contributed by atoms with Crippen molar-refractivity contribution >= 4 is 11.6 Å². The second-order valence-corrected chi connectivity index (χ2v) is 8.64. The molecule has 0 aliphatic heterocycles. The molecule has 3 heterocycles. The van der Waals surface area contributed by atoms with Crippen LogP contribution >= 0.6 is 11.6 Å². The summed E-state index contributed by atoms with van der Waals surface area (Å²) in [6.45, 7) is 0. The molecule has 186 valence electrons. The Kier molecular flexibility index (Phi) is 6.31. The third-order valence-electron chi connectivity index (χ3n) is 6.07. The summed E-state index contributed by atoms with van der Waals surface area (Å²) in [6.07, 6.45) is 3.76. The molecule has 0 radical (unpaired) electrons. The Morgan fingerprint density at radius 1 is 1.22 bits per heavy atom. The summed E-state index contributed by atoms with van der Waals surface area (Å²) in [5, 5.41) is 18.7. The highest BCUT2D eigenvalue weighted by Gasteiger charge is 2.32. The minimum Gasteiger partial charge on any atom is -0.494 e. The van der Waals surface area contributed by atoms with Crippen LogP contribution in [0.15, 0.2) is 39.7 Å². The molecule has 0 unspecified atom stereocenters. The minimum atomic E-state index is -0.641. The minimum absolute atomic E-state index is 0.0120. The predicted octanol–water partition coefficient (Wildman–Crippen LogP) is 4.05. The molecule has 0 spiro atoms. The lowest BCUT2D eigenvalue weighted by atomic mass is 9.84. The van der Waals surface area contributed by atoms with Gasteiger partial charge in [-0.3, -0.25) is 14.3 Å². The Balaban J connectivity index is 1.65. The Hall–Kier alpha value is -3.99. The van der Waals surface area contributed by atoms with Gasteiger partial charge < -0.3 is 19.0 Å². The smallest absolute Gasteiger partial charge is 0.275 e. The van der Waals surface area contributed by atoms with E-state index in [4.69, 9.17) is 25.5 Å². The third kappa shape index (κ3) is 4.15. The fourth-order valence-corrected chi connectivity index (χ4v) is 4.21. The first kappa shape index (κ1) is 23.7. The second-order valence-electron chi connectivity index (χ2n) is 8.21. The normalized spacial score (nSPS) is 13.4. The zero-order valence-corrected chi connectivity index (χ0v) is 20.1. The van der Waals surface area contributed by atoms with Crippen molar-refractivity contribution in [2.75, 3.05) is 14.2 Å². The molecule has 1 N–H and O–H groups in total. The molecule has 0 amide bonds. The molecule has 36 heavy (non-hydrogen) atoms. The molecule has 0 bridgehead atoms. The number of methoxy groups -OCH3 is 2. The number of aromatic nitrogens is 5. The average molecular weight is 514 g/mol. The Morgan fingerprint density at radius 3 is 2.56 bits per heavy atom. The van der Waals surface area contributed by atoms with E-state index in [-0.39, 0.29) is 40.4 Å². The molecule has 4 aromatic rings. The van der Waals surface area contributed by atoms with Crippen LogP contribution in [-0.4, -0.2) is 44.1 Å². The van der Waals surface area contributed by atoms with Gasteiger partial charge >= 0.3 is 0 Å². The molecule has 10 nitrogen and oxygen atoms in total. The van der Waals surface area contributed by atoms with Gasteiger partial charge in [-0.25, -0.2) is 4.39 Å². The van der Waals surface area contributed by atoms with Crippen molar-refractivity contribution in [3.8, 4) is 34.5 Å². The van der Waals surface area contributed by atoms with Crippen LogP contribution in [0, 0.1) is 5.82 Å². The summed E-state index contributed by atoms with van der Waals surface area (Å²) < 4.78 is 32.2. The van der Waals surface area contributed by atoms with Gasteiger partial charge in [-0.1, -0.05) is 24.1 Å². The summed E-state index contributed by atoms with van der Waals surface area (Å²) in [6, 6.07) is 6.24. The van der Waals surface area contributed by atoms with E-state index in [0.717, 1.165) is 25.3 Å². The number of ether oxygens (including phenoxy) is 2. The van der Waals surface area contributed by atoms with Gasteiger partial charge in [0.2, 0.25) is 11.8 Å². The van der Waals surface area contributed by atoms with Crippen molar-refractivity contribution in [3.63, 3.8) is 0 Å². The molecular weight excluding hydrogens is 493 g/mol. The number of para-hydroxylation sites is 1. The van der Waals surface area contributed by atoms with Crippen LogP contribution in [0.2, 0.25) is 5.02 Å². The quantitative estimate of drug-likeness (QED) is 0.389. The van der Waals surface area contributed by atoms with Crippen molar-refractivity contribution in [1.29, 1.82) is 0 Å². The van der Waals surface area contributed by atoms with Crippen LogP contribution in [0.4, 0.5) is 4.39 Å². The largest absolute Gasteiger partial charge is 0.494 e. The van der Waals surface area contributed by atoms with Gasteiger partial charge in [-0.2, -0.15) is 4.98 Å². The molecule has 12 heteroatoms. The van der Waals surface area contributed by atoms with E-state index in [0.29, 0.717) is 23.0 Å². The monoisotopic (exact) mass is 513 g/mol. The molecule has 5 rings (SSSR count). The maximum absolute atomic E-state index is 14.2. The molecule has 0 saturated heterocycles. The van der Waals surface area contributed by atoms with Crippen LogP contribution in [0.5, 0.6) is 17.4 Å². The highest BCUT2D eigenvalue weighted by Crippen LogP contribution is 2.40. The number of hydrogen-bond donors (Lipinski definition) is 1. The second kappa shape index (κ2) is 9.57. The van der Waals surface area contributed by atoms with Gasteiger partial charge in [-0.15, -0.1) is 10.2 Å². The Morgan fingerprint density at radius 2 is 1.94 bits per heavy atom. The third-order valence-corrected chi connectivity index (χ3v) is 6.28. The van der Waals surface area contributed by atoms with Crippen molar-refractivity contribution < 1.29 is 23.4 Å². The molecule has 1 saturated carbocycles. The number of aromatic hydroxyl groups is 1. The molecular formula is C24H21ClFN5O5. The summed E-state index contributed by atoms with van der Waals surface area (Å²) in [4.78, 5) is 22.2. The Labute approximate surface area is 209 Å². The fourth-order valence-electron chi connectivity index (χ4n) is 4.06. The van der Waals surface area contributed by atoms with Gasteiger partial charge in [0.25, 0.3) is 11.4 Å². The number of halogens is 2. The maximum Gasteiger partial charge on any atom is 0.275 e. The molecule has 1 aliphatic carbocycles. The predicted molar refractivity (Wildman–Crippen MR) is 126 cm³/mol. The summed E-state index contributed by atoms with van der Waals surface area (Å²) >= 11 is 5.75. The van der Waals surface area contributed by atoms with E-state index in [1.54, 1.807) is 18.2 Å².